The molecule has 0 aliphatic carbocycles. The lowest BCUT2D eigenvalue weighted by molar-refractivity contribution is 0.200. The van der Waals surface area contributed by atoms with Crippen molar-refractivity contribution in [3.8, 4) is 17.2 Å². The summed E-state index contributed by atoms with van der Waals surface area (Å²) in [5.41, 5.74) is 2.87. The molecule has 4 heteroatoms. The van der Waals surface area contributed by atoms with Crippen LogP contribution in [0.1, 0.15) is 24.2 Å². The second kappa shape index (κ2) is 5.18. The molecule has 2 aromatic rings. The van der Waals surface area contributed by atoms with E-state index in [-0.39, 0.29) is 0 Å². The van der Waals surface area contributed by atoms with Crippen LogP contribution in [0.25, 0.3) is 11.1 Å². The Balaban J connectivity index is 2.56. The van der Waals surface area contributed by atoms with E-state index in [9.17, 15) is 5.11 Å². The van der Waals surface area contributed by atoms with E-state index in [4.69, 9.17) is 16.9 Å². The van der Waals surface area contributed by atoms with Crippen molar-refractivity contribution in [1.29, 1.82) is 5.26 Å². The van der Waals surface area contributed by atoms with Crippen LogP contribution in [0, 0.1) is 11.3 Å². The highest BCUT2D eigenvalue weighted by Crippen LogP contribution is 2.30. The molecule has 0 spiro atoms. The molecular formula is C14H11ClN2O. The zero-order chi connectivity index (χ0) is 13.1. The number of pyridine rings is 1. The second-order valence-corrected chi connectivity index (χ2v) is 4.35. The number of rotatable bonds is 2. The van der Waals surface area contributed by atoms with Crippen LogP contribution in [0.15, 0.2) is 36.7 Å². The minimum atomic E-state index is -0.586. The number of aliphatic hydroxyl groups is 1. The van der Waals surface area contributed by atoms with E-state index in [1.807, 2.05) is 6.07 Å². The summed E-state index contributed by atoms with van der Waals surface area (Å²) >= 11 is 6.01. The standard InChI is InChI=1S/C14H11ClN2O/c1-9(18)12-4-5-17-8-13(12)10-2-3-11(7-16)14(15)6-10/h2-6,8-9,18H,1H3/t9-/m0/s1. The molecule has 0 radical (unpaired) electrons. The number of hydrogen-bond acceptors (Lipinski definition) is 3. The average Bonchev–Trinajstić information content (AvgIpc) is 2.38. The molecule has 0 aliphatic heterocycles. The summed E-state index contributed by atoms with van der Waals surface area (Å²) in [4.78, 5) is 4.06. The number of benzene rings is 1. The minimum Gasteiger partial charge on any atom is -0.389 e. The Morgan fingerprint density at radius 2 is 2.17 bits per heavy atom. The summed E-state index contributed by atoms with van der Waals surface area (Å²) in [5, 5.41) is 19.0. The molecule has 0 saturated carbocycles. The summed E-state index contributed by atoms with van der Waals surface area (Å²) < 4.78 is 0. The van der Waals surface area contributed by atoms with Crippen molar-refractivity contribution in [3.63, 3.8) is 0 Å². The molecule has 0 saturated heterocycles. The van der Waals surface area contributed by atoms with Crippen molar-refractivity contribution in [2.75, 3.05) is 0 Å². The third kappa shape index (κ3) is 2.35. The van der Waals surface area contributed by atoms with E-state index in [2.05, 4.69) is 4.98 Å². The van der Waals surface area contributed by atoms with Gasteiger partial charge in [-0.25, -0.2) is 0 Å². The number of aliphatic hydroxyl groups excluding tert-OH is 1. The van der Waals surface area contributed by atoms with Crippen LogP contribution in [0.2, 0.25) is 5.02 Å². The maximum atomic E-state index is 9.72. The Hall–Kier alpha value is -1.89. The van der Waals surface area contributed by atoms with Crippen LogP contribution in [0.4, 0.5) is 0 Å². The smallest absolute Gasteiger partial charge is 0.101 e. The van der Waals surface area contributed by atoms with Gasteiger partial charge in [-0.15, -0.1) is 0 Å². The molecule has 1 aromatic heterocycles. The molecule has 1 heterocycles. The largest absolute Gasteiger partial charge is 0.389 e. The summed E-state index contributed by atoms with van der Waals surface area (Å²) in [6, 6.07) is 8.96. The van der Waals surface area contributed by atoms with Crippen LogP contribution in [-0.2, 0) is 0 Å². The third-order valence-corrected chi connectivity index (χ3v) is 3.02. The van der Waals surface area contributed by atoms with E-state index < -0.39 is 6.10 Å². The highest BCUT2D eigenvalue weighted by atomic mass is 35.5. The lowest BCUT2D eigenvalue weighted by Gasteiger charge is -2.11. The van der Waals surface area contributed by atoms with Gasteiger partial charge in [0.05, 0.1) is 16.7 Å². The second-order valence-electron chi connectivity index (χ2n) is 3.95. The van der Waals surface area contributed by atoms with Gasteiger partial charge in [0.2, 0.25) is 0 Å². The summed E-state index contributed by atoms with van der Waals surface area (Å²) in [6.45, 7) is 1.70. The van der Waals surface area contributed by atoms with Gasteiger partial charge in [0.25, 0.3) is 0 Å². The fourth-order valence-electron chi connectivity index (χ4n) is 1.78. The van der Waals surface area contributed by atoms with Gasteiger partial charge < -0.3 is 5.11 Å². The number of aromatic nitrogens is 1. The van der Waals surface area contributed by atoms with Crippen molar-refractivity contribution in [2.45, 2.75) is 13.0 Å². The molecule has 0 bridgehead atoms. The van der Waals surface area contributed by atoms with Crippen LogP contribution in [0.5, 0.6) is 0 Å². The first-order chi connectivity index (χ1) is 8.63. The zero-order valence-electron chi connectivity index (χ0n) is 9.76. The first-order valence-corrected chi connectivity index (χ1v) is 5.83. The van der Waals surface area contributed by atoms with E-state index in [1.54, 1.807) is 43.6 Å². The van der Waals surface area contributed by atoms with E-state index in [0.29, 0.717) is 10.6 Å². The lowest BCUT2D eigenvalue weighted by Crippen LogP contribution is -1.96. The Labute approximate surface area is 110 Å². The molecule has 1 aromatic carbocycles. The molecule has 0 amide bonds. The van der Waals surface area contributed by atoms with Gasteiger partial charge in [-0.1, -0.05) is 17.7 Å². The number of nitriles is 1. The fourth-order valence-corrected chi connectivity index (χ4v) is 2.01. The minimum absolute atomic E-state index is 0.399. The van der Waals surface area contributed by atoms with Gasteiger partial charge in [-0.05, 0) is 36.2 Å². The fraction of sp³-hybridized carbons (Fsp3) is 0.143. The van der Waals surface area contributed by atoms with Gasteiger partial charge in [0, 0.05) is 18.0 Å². The molecule has 1 atom stereocenters. The first kappa shape index (κ1) is 12.6. The number of nitrogens with zero attached hydrogens (tertiary/aromatic N) is 2. The third-order valence-electron chi connectivity index (χ3n) is 2.71. The molecule has 2 rings (SSSR count). The highest BCUT2D eigenvalue weighted by molar-refractivity contribution is 6.32. The summed E-state index contributed by atoms with van der Waals surface area (Å²) in [7, 11) is 0. The predicted molar refractivity (Wildman–Crippen MR) is 70.0 cm³/mol. The SMILES string of the molecule is C[C@H](O)c1ccncc1-c1ccc(C#N)c(Cl)c1. The summed E-state index contributed by atoms with van der Waals surface area (Å²) in [6.07, 6.45) is 2.73. The molecule has 0 unspecified atom stereocenters. The van der Waals surface area contributed by atoms with E-state index in [1.165, 1.54) is 0 Å². The normalized spacial score (nSPS) is 11.9. The molecular weight excluding hydrogens is 248 g/mol. The Bertz CT molecular complexity index is 617. The van der Waals surface area contributed by atoms with Crippen molar-refractivity contribution >= 4 is 11.6 Å². The molecule has 0 fully saturated rings. The van der Waals surface area contributed by atoms with Crippen molar-refractivity contribution in [1.82, 2.24) is 4.98 Å². The average molecular weight is 259 g/mol. The van der Waals surface area contributed by atoms with Crippen LogP contribution >= 0.6 is 11.6 Å². The molecule has 0 aliphatic rings. The van der Waals surface area contributed by atoms with E-state index in [0.717, 1.165) is 16.7 Å². The monoisotopic (exact) mass is 258 g/mol. The van der Waals surface area contributed by atoms with Gasteiger partial charge >= 0.3 is 0 Å². The molecule has 1 N–H and O–H groups in total. The van der Waals surface area contributed by atoms with Crippen molar-refractivity contribution in [2.24, 2.45) is 0 Å². The van der Waals surface area contributed by atoms with E-state index >= 15 is 0 Å². The molecule has 3 nitrogen and oxygen atoms in total. The van der Waals surface area contributed by atoms with Gasteiger partial charge in [0.1, 0.15) is 6.07 Å². The van der Waals surface area contributed by atoms with Crippen LogP contribution in [0.3, 0.4) is 0 Å². The maximum Gasteiger partial charge on any atom is 0.101 e. The van der Waals surface area contributed by atoms with Crippen molar-refractivity contribution in [3.05, 3.63) is 52.8 Å². The van der Waals surface area contributed by atoms with Gasteiger partial charge in [0.15, 0.2) is 0 Å². The number of halogens is 1. The Morgan fingerprint density at radius 1 is 1.39 bits per heavy atom. The summed E-state index contributed by atoms with van der Waals surface area (Å²) in [5.74, 6) is 0. The molecule has 18 heavy (non-hydrogen) atoms. The topological polar surface area (TPSA) is 56.9 Å². The number of hydrogen-bond donors (Lipinski definition) is 1. The van der Waals surface area contributed by atoms with Gasteiger partial charge in [-0.2, -0.15) is 5.26 Å². The lowest BCUT2D eigenvalue weighted by atomic mass is 9.98. The Morgan fingerprint density at radius 3 is 2.78 bits per heavy atom. The Kier molecular flexibility index (Phi) is 3.61. The molecule has 90 valence electrons. The quantitative estimate of drug-likeness (QED) is 0.899. The first-order valence-electron chi connectivity index (χ1n) is 5.45. The van der Waals surface area contributed by atoms with Crippen molar-refractivity contribution < 1.29 is 5.11 Å². The van der Waals surface area contributed by atoms with Crippen LogP contribution < -0.4 is 0 Å². The highest BCUT2D eigenvalue weighted by Gasteiger charge is 2.11. The zero-order valence-corrected chi connectivity index (χ0v) is 10.5. The maximum absolute atomic E-state index is 9.72. The van der Waals surface area contributed by atoms with Crippen LogP contribution in [-0.4, -0.2) is 10.1 Å². The predicted octanol–water partition coefficient (Wildman–Crippen LogP) is 3.33. The van der Waals surface area contributed by atoms with Gasteiger partial charge in [-0.3, -0.25) is 4.98 Å².